The highest BCUT2D eigenvalue weighted by molar-refractivity contribution is 6.29. The molecular formula is C14H13ClO2. The van der Waals surface area contributed by atoms with Gasteiger partial charge < -0.3 is 5.11 Å². The second kappa shape index (κ2) is 4.38. The first-order chi connectivity index (χ1) is 8.05. The molecule has 0 bridgehead atoms. The Labute approximate surface area is 105 Å². The highest BCUT2D eigenvalue weighted by Crippen LogP contribution is 2.40. The number of hydrogen-bond donors (Lipinski definition) is 1. The molecule has 0 saturated carbocycles. The maximum absolute atomic E-state index is 11.3. The van der Waals surface area contributed by atoms with Gasteiger partial charge in [-0.2, -0.15) is 0 Å². The Morgan fingerprint density at radius 1 is 1.35 bits per heavy atom. The number of hydrogen-bond acceptors (Lipinski definition) is 1. The van der Waals surface area contributed by atoms with Crippen LogP contribution in [0.3, 0.4) is 0 Å². The van der Waals surface area contributed by atoms with Crippen LogP contribution >= 0.6 is 11.6 Å². The molecule has 0 amide bonds. The molecule has 0 saturated heterocycles. The number of halogens is 1. The second-order valence-corrected chi connectivity index (χ2v) is 4.73. The molecule has 0 aromatic heterocycles. The maximum Gasteiger partial charge on any atom is 0.315 e. The quantitative estimate of drug-likeness (QED) is 0.815. The lowest BCUT2D eigenvalue weighted by molar-refractivity contribution is -0.144. The minimum Gasteiger partial charge on any atom is -0.481 e. The first-order valence-electron chi connectivity index (χ1n) is 5.38. The molecule has 1 aliphatic carbocycles. The lowest BCUT2D eigenvalue weighted by Crippen LogP contribution is -2.36. The van der Waals surface area contributed by atoms with Crippen molar-refractivity contribution in [1.82, 2.24) is 0 Å². The highest BCUT2D eigenvalue weighted by atomic mass is 35.5. The van der Waals surface area contributed by atoms with E-state index >= 15 is 0 Å². The normalized spacial score (nSPS) is 27.6. The topological polar surface area (TPSA) is 37.3 Å². The van der Waals surface area contributed by atoms with Gasteiger partial charge in [0, 0.05) is 0 Å². The van der Waals surface area contributed by atoms with Gasteiger partial charge in [-0.15, -0.1) is 11.6 Å². The molecular weight excluding hydrogens is 236 g/mol. The Kier molecular flexibility index (Phi) is 3.07. The molecule has 0 heterocycles. The highest BCUT2D eigenvalue weighted by Gasteiger charge is 2.41. The van der Waals surface area contributed by atoms with Crippen LogP contribution in [-0.4, -0.2) is 16.5 Å². The number of allylic oxidation sites excluding steroid dienone is 3. The molecule has 2 nitrogen and oxygen atoms in total. The van der Waals surface area contributed by atoms with Gasteiger partial charge in [0.1, 0.15) is 5.41 Å². The Balaban J connectivity index is 2.42. The van der Waals surface area contributed by atoms with Crippen LogP contribution in [0.4, 0.5) is 0 Å². The van der Waals surface area contributed by atoms with Crippen molar-refractivity contribution >= 4 is 23.1 Å². The van der Waals surface area contributed by atoms with Gasteiger partial charge >= 0.3 is 5.97 Å². The third-order valence-corrected chi connectivity index (χ3v) is 3.77. The van der Waals surface area contributed by atoms with E-state index in [-0.39, 0.29) is 0 Å². The fourth-order valence-electron chi connectivity index (χ4n) is 1.90. The molecule has 0 aliphatic heterocycles. The zero-order valence-electron chi connectivity index (χ0n) is 9.43. The molecule has 1 N–H and O–H groups in total. The van der Waals surface area contributed by atoms with E-state index in [2.05, 4.69) is 0 Å². The average Bonchev–Trinajstić information content (AvgIpc) is 2.33. The fourth-order valence-corrected chi connectivity index (χ4v) is 2.26. The molecule has 2 atom stereocenters. The van der Waals surface area contributed by atoms with Gasteiger partial charge in [0.15, 0.2) is 0 Å². The summed E-state index contributed by atoms with van der Waals surface area (Å²) in [6.07, 6.45) is 5.27. The maximum atomic E-state index is 11.3. The first-order valence-corrected chi connectivity index (χ1v) is 5.81. The largest absolute Gasteiger partial charge is 0.481 e. The SMILES string of the molecule is CC1(C(=O)O)C=CC=C(c2ccccc2)C1Cl. The lowest BCUT2D eigenvalue weighted by Gasteiger charge is -2.31. The summed E-state index contributed by atoms with van der Waals surface area (Å²) in [5.41, 5.74) is 0.755. The number of carboxylic acid groups (broad SMARTS) is 1. The van der Waals surface area contributed by atoms with Gasteiger partial charge in [0.05, 0.1) is 5.38 Å². The van der Waals surface area contributed by atoms with Crippen LogP contribution in [0.5, 0.6) is 0 Å². The van der Waals surface area contributed by atoms with Gasteiger partial charge in [-0.3, -0.25) is 4.79 Å². The van der Waals surface area contributed by atoms with Crippen LogP contribution < -0.4 is 0 Å². The number of benzene rings is 1. The minimum absolute atomic E-state index is 0.563. The third-order valence-electron chi connectivity index (χ3n) is 3.09. The minimum atomic E-state index is -1.05. The van der Waals surface area contributed by atoms with Crippen LogP contribution in [0.25, 0.3) is 5.57 Å². The molecule has 17 heavy (non-hydrogen) atoms. The van der Waals surface area contributed by atoms with E-state index in [0.717, 1.165) is 11.1 Å². The predicted molar refractivity (Wildman–Crippen MR) is 68.9 cm³/mol. The van der Waals surface area contributed by atoms with Crippen LogP contribution in [0.2, 0.25) is 0 Å². The summed E-state index contributed by atoms with van der Waals surface area (Å²) in [7, 11) is 0. The molecule has 2 rings (SSSR count). The Morgan fingerprint density at radius 3 is 2.59 bits per heavy atom. The van der Waals surface area contributed by atoms with Crippen molar-refractivity contribution in [3.63, 3.8) is 0 Å². The van der Waals surface area contributed by atoms with Crippen LogP contribution in [0.15, 0.2) is 48.6 Å². The molecule has 2 unspecified atom stereocenters. The van der Waals surface area contributed by atoms with E-state index in [1.54, 1.807) is 19.1 Å². The smallest absolute Gasteiger partial charge is 0.315 e. The zero-order chi connectivity index (χ0) is 12.5. The van der Waals surface area contributed by atoms with Gasteiger partial charge in [-0.25, -0.2) is 0 Å². The summed E-state index contributed by atoms with van der Waals surface area (Å²) >= 11 is 6.32. The summed E-state index contributed by atoms with van der Waals surface area (Å²) < 4.78 is 0. The summed E-state index contributed by atoms with van der Waals surface area (Å²) in [6.45, 7) is 1.64. The van der Waals surface area contributed by atoms with E-state index in [4.69, 9.17) is 11.6 Å². The molecule has 3 heteroatoms. The number of alkyl halides is 1. The Hall–Kier alpha value is -1.54. The summed E-state index contributed by atoms with van der Waals surface area (Å²) in [5.74, 6) is -0.907. The summed E-state index contributed by atoms with van der Waals surface area (Å²) in [4.78, 5) is 11.3. The fraction of sp³-hybridized carbons (Fsp3) is 0.214. The van der Waals surface area contributed by atoms with Crippen molar-refractivity contribution in [1.29, 1.82) is 0 Å². The first kappa shape index (κ1) is 11.9. The number of carbonyl (C=O) groups is 1. The Morgan fingerprint density at radius 2 is 2.00 bits per heavy atom. The van der Waals surface area contributed by atoms with Crippen LogP contribution in [0.1, 0.15) is 12.5 Å². The standard InChI is InChI=1S/C14H13ClO2/c1-14(13(16)17)9-5-8-11(12(14)15)10-6-3-2-4-7-10/h2-9,12H,1H3,(H,16,17). The van der Waals surface area contributed by atoms with E-state index in [9.17, 15) is 9.90 Å². The summed E-state index contributed by atoms with van der Waals surface area (Å²) in [6, 6.07) is 9.61. The monoisotopic (exact) mass is 248 g/mol. The van der Waals surface area contributed by atoms with Gasteiger partial charge in [-0.1, -0.05) is 48.6 Å². The van der Waals surface area contributed by atoms with E-state index in [1.165, 1.54) is 0 Å². The van der Waals surface area contributed by atoms with Gasteiger partial charge in [0.2, 0.25) is 0 Å². The zero-order valence-corrected chi connectivity index (χ0v) is 10.2. The van der Waals surface area contributed by atoms with E-state index in [0.29, 0.717) is 0 Å². The van der Waals surface area contributed by atoms with Crippen LogP contribution in [-0.2, 0) is 4.79 Å². The number of aliphatic carboxylic acids is 1. The lowest BCUT2D eigenvalue weighted by atomic mass is 9.78. The molecule has 1 aromatic rings. The van der Waals surface area contributed by atoms with Crippen LogP contribution in [0, 0.1) is 5.41 Å². The Bertz CT molecular complexity index is 490. The third kappa shape index (κ3) is 2.01. The number of rotatable bonds is 2. The van der Waals surface area contributed by atoms with Crippen molar-refractivity contribution in [3.05, 3.63) is 54.1 Å². The van der Waals surface area contributed by atoms with Crippen molar-refractivity contribution in [2.45, 2.75) is 12.3 Å². The molecule has 1 aliphatic rings. The molecule has 0 radical (unpaired) electrons. The second-order valence-electron chi connectivity index (χ2n) is 4.30. The average molecular weight is 249 g/mol. The van der Waals surface area contributed by atoms with Crippen molar-refractivity contribution in [2.24, 2.45) is 5.41 Å². The van der Waals surface area contributed by atoms with Crippen molar-refractivity contribution < 1.29 is 9.90 Å². The van der Waals surface area contributed by atoms with Crippen molar-refractivity contribution in [2.75, 3.05) is 0 Å². The molecule has 0 fully saturated rings. The van der Waals surface area contributed by atoms with Gasteiger partial charge in [-0.05, 0) is 18.1 Å². The molecule has 1 aromatic carbocycles. The molecule has 0 spiro atoms. The predicted octanol–water partition coefficient (Wildman–Crippen LogP) is 3.34. The number of carboxylic acids is 1. The van der Waals surface area contributed by atoms with Gasteiger partial charge in [0.25, 0.3) is 0 Å². The van der Waals surface area contributed by atoms with E-state index in [1.807, 2.05) is 36.4 Å². The van der Waals surface area contributed by atoms with E-state index < -0.39 is 16.8 Å². The van der Waals surface area contributed by atoms with Crippen molar-refractivity contribution in [3.8, 4) is 0 Å². The molecule has 88 valence electrons. The summed E-state index contributed by atoms with van der Waals surface area (Å²) in [5, 5.41) is 8.71.